The van der Waals surface area contributed by atoms with Crippen LogP contribution in [-0.2, 0) is 16.4 Å². The van der Waals surface area contributed by atoms with Gasteiger partial charge >= 0.3 is 0 Å². The van der Waals surface area contributed by atoms with E-state index in [1.54, 1.807) is 30.3 Å². The second-order valence-electron chi connectivity index (χ2n) is 6.86. The normalized spacial score (nSPS) is 14.2. The van der Waals surface area contributed by atoms with Gasteiger partial charge in [-0.05, 0) is 55.0 Å². The second kappa shape index (κ2) is 7.35. The zero-order chi connectivity index (χ0) is 19.7. The largest absolute Gasteiger partial charge is 0.495 e. The summed E-state index contributed by atoms with van der Waals surface area (Å²) in [4.78, 5) is 0.0617. The van der Waals surface area contributed by atoms with Crippen LogP contribution in [0.5, 0.6) is 11.5 Å². The monoisotopic (exact) mass is 402 g/mol. The summed E-state index contributed by atoms with van der Waals surface area (Å²) in [5, 5.41) is 4.47. The Kier molecular flexibility index (Phi) is 4.89. The van der Waals surface area contributed by atoms with Crippen LogP contribution in [0.25, 0.3) is 11.0 Å². The molecule has 0 saturated heterocycles. The third-order valence-electron chi connectivity index (χ3n) is 4.79. The van der Waals surface area contributed by atoms with E-state index in [-0.39, 0.29) is 16.5 Å². The second-order valence-corrected chi connectivity index (χ2v) is 8.51. The van der Waals surface area contributed by atoms with Crippen molar-refractivity contribution in [1.29, 1.82) is 0 Å². The summed E-state index contributed by atoms with van der Waals surface area (Å²) in [7, 11) is -2.48. The van der Waals surface area contributed by atoms with Crippen molar-refractivity contribution in [1.82, 2.24) is 5.16 Å². The molecule has 0 amide bonds. The van der Waals surface area contributed by atoms with Crippen LogP contribution < -0.4 is 14.2 Å². The number of hydrogen-bond acceptors (Lipinski definition) is 6. The number of nitrogens with zero attached hydrogens (tertiary/aromatic N) is 1. The van der Waals surface area contributed by atoms with Crippen molar-refractivity contribution in [2.45, 2.75) is 31.1 Å². The summed E-state index contributed by atoms with van der Waals surface area (Å²) >= 11 is 0. The van der Waals surface area contributed by atoms with Crippen molar-refractivity contribution in [3.05, 3.63) is 42.0 Å². The van der Waals surface area contributed by atoms with Gasteiger partial charge in [0.05, 0.1) is 19.1 Å². The van der Waals surface area contributed by atoms with Crippen LogP contribution in [0.15, 0.2) is 45.8 Å². The zero-order valence-electron chi connectivity index (χ0n) is 15.8. The minimum atomic E-state index is -3.92. The molecule has 0 bridgehead atoms. The summed E-state index contributed by atoms with van der Waals surface area (Å²) in [5.74, 6) is 1.55. The number of hydrogen-bond donors (Lipinski definition) is 1. The van der Waals surface area contributed by atoms with Crippen molar-refractivity contribution >= 4 is 26.8 Å². The summed E-state index contributed by atoms with van der Waals surface area (Å²) in [5.41, 5.74) is 1.32. The summed E-state index contributed by atoms with van der Waals surface area (Å²) in [6.45, 7) is 2.59. The lowest BCUT2D eigenvalue weighted by Crippen LogP contribution is -2.15. The Morgan fingerprint density at radius 2 is 2.04 bits per heavy atom. The molecule has 3 aromatic rings. The minimum absolute atomic E-state index is 0.0617. The van der Waals surface area contributed by atoms with E-state index in [2.05, 4.69) is 9.88 Å². The van der Waals surface area contributed by atoms with E-state index in [9.17, 15) is 8.42 Å². The van der Waals surface area contributed by atoms with Crippen molar-refractivity contribution in [3.8, 4) is 11.5 Å². The predicted molar refractivity (Wildman–Crippen MR) is 105 cm³/mol. The number of nitrogens with one attached hydrogen (secondary N) is 1. The maximum atomic E-state index is 13.0. The first-order valence-electron chi connectivity index (χ1n) is 9.22. The molecule has 148 valence electrons. The third-order valence-corrected chi connectivity index (χ3v) is 6.15. The molecule has 1 heterocycles. The Balaban J connectivity index is 1.66. The van der Waals surface area contributed by atoms with Gasteiger partial charge in [0.2, 0.25) is 5.58 Å². The van der Waals surface area contributed by atoms with Crippen molar-refractivity contribution in [2.24, 2.45) is 5.92 Å². The van der Waals surface area contributed by atoms with Crippen LogP contribution in [0.3, 0.4) is 0 Å². The van der Waals surface area contributed by atoms with Gasteiger partial charge in [-0.2, -0.15) is 0 Å². The maximum absolute atomic E-state index is 13.0. The number of methoxy groups -OCH3 is 1. The molecule has 1 aromatic heterocycles. The van der Waals surface area contributed by atoms with Gasteiger partial charge in [-0.15, -0.1) is 0 Å². The number of benzene rings is 2. The Bertz CT molecular complexity index is 1100. The van der Waals surface area contributed by atoms with Crippen LogP contribution in [0.4, 0.5) is 5.82 Å². The van der Waals surface area contributed by atoms with Gasteiger partial charge in [0.25, 0.3) is 10.0 Å². The van der Waals surface area contributed by atoms with E-state index in [0.29, 0.717) is 35.7 Å². The molecule has 1 aliphatic carbocycles. The molecule has 4 rings (SSSR count). The summed E-state index contributed by atoms with van der Waals surface area (Å²) in [6, 6.07) is 10.4. The highest BCUT2D eigenvalue weighted by Crippen LogP contribution is 2.35. The first kappa shape index (κ1) is 18.6. The SMILES string of the molecule is CCc1ccc(OC)c(S(=O)(=O)Nc2noc3c(OCC4CC4)cccc23)c1. The molecular formula is C20H22N2O5S. The molecule has 8 heteroatoms. The Labute approximate surface area is 163 Å². The fourth-order valence-corrected chi connectivity index (χ4v) is 4.18. The molecule has 0 atom stereocenters. The van der Waals surface area contributed by atoms with E-state index in [1.807, 2.05) is 13.0 Å². The van der Waals surface area contributed by atoms with E-state index < -0.39 is 10.0 Å². The molecule has 1 fully saturated rings. The number of ether oxygens (including phenoxy) is 2. The van der Waals surface area contributed by atoms with Crippen molar-refractivity contribution in [3.63, 3.8) is 0 Å². The topological polar surface area (TPSA) is 90.7 Å². The van der Waals surface area contributed by atoms with E-state index in [1.165, 1.54) is 20.0 Å². The van der Waals surface area contributed by atoms with Crippen LogP contribution in [0.2, 0.25) is 0 Å². The maximum Gasteiger partial charge on any atom is 0.266 e. The molecule has 28 heavy (non-hydrogen) atoms. The van der Waals surface area contributed by atoms with E-state index >= 15 is 0 Å². The number of aryl methyl sites for hydroxylation is 1. The van der Waals surface area contributed by atoms with Gasteiger partial charge in [-0.3, -0.25) is 4.72 Å². The predicted octanol–water partition coefficient (Wildman–Crippen LogP) is 3.99. The van der Waals surface area contributed by atoms with Gasteiger partial charge in [-0.1, -0.05) is 24.2 Å². The standard InChI is InChI=1S/C20H22N2O5S/c1-3-13-9-10-16(25-2)18(11-13)28(23,24)22-20-15-5-4-6-17(19(15)27-21-20)26-12-14-7-8-14/h4-6,9-11,14H,3,7-8,12H2,1-2H3,(H,21,22). The Morgan fingerprint density at radius 3 is 2.75 bits per heavy atom. The lowest BCUT2D eigenvalue weighted by Gasteiger charge is -2.11. The van der Waals surface area contributed by atoms with Gasteiger partial charge in [0, 0.05) is 0 Å². The molecule has 2 aromatic carbocycles. The number of fused-ring (bicyclic) bond motifs is 1. The molecule has 1 aliphatic rings. The number of anilines is 1. The van der Waals surface area contributed by atoms with Gasteiger partial charge < -0.3 is 14.0 Å². The van der Waals surface area contributed by atoms with E-state index in [0.717, 1.165) is 5.56 Å². The van der Waals surface area contributed by atoms with Crippen LogP contribution in [0.1, 0.15) is 25.3 Å². The molecule has 1 N–H and O–H groups in total. The highest BCUT2D eigenvalue weighted by molar-refractivity contribution is 7.92. The molecule has 1 saturated carbocycles. The van der Waals surface area contributed by atoms with Crippen molar-refractivity contribution < 1.29 is 22.4 Å². The molecule has 7 nitrogen and oxygen atoms in total. The molecule has 0 radical (unpaired) electrons. The highest BCUT2D eigenvalue weighted by atomic mass is 32.2. The third kappa shape index (κ3) is 3.64. The molecular weight excluding hydrogens is 380 g/mol. The average molecular weight is 402 g/mol. The molecule has 0 aliphatic heterocycles. The average Bonchev–Trinajstić information content (AvgIpc) is 3.46. The van der Waals surface area contributed by atoms with Gasteiger partial charge in [0.15, 0.2) is 11.6 Å². The number of aromatic nitrogens is 1. The Hall–Kier alpha value is -2.74. The van der Waals surface area contributed by atoms with E-state index in [4.69, 9.17) is 14.0 Å². The van der Waals surface area contributed by atoms with Gasteiger partial charge in [0.1, 0.15) is 10.6 Å². The quantitative estimate of drug-likeness (QED) is 0.613. The Morgan fingerprint density at radius 1 is 1.21 bits per heavy atom. The van der Waals surface area contributed by atoms with Crippen molar-refractivity contribution in [2.75, 3.05) is 18.4 Å². The van der Waals surface area contributed by atoms with Crippen LogP contribution >= 0.6 is 0 Å². The number of para-hydroxylation sites is 1. The van der Waals surface area contributed by atoms with Crippen LogP contribution in [-0.4, -0.2) is 27.3 Å². The first-order valence-corrected chi connectivity index (χ1v) is 10.7. The number of sulfonamides is 1. The minimum Gasteiger partial charge on any atom is -0.495 e. The number of rotatable bonds is 8. The molecule has 0 unspecified atom stereocenters. The smallest absolute Gasteiger partial charge is 0.266 e. The molecule has 0 spiro atoms. The lowest BCUT2D eigenvalue weighted by molar-refractivity contribution is 0.296. The fourth-order valence-electron chi connectivity index (χ4n) is 2.95. The fraction of sp³-hybridized carbons (Fsp3) is 0.350. The van der Waals surface area contributed by atoms with Crippen LogP contribution in [0, 0.1) is 5.92 Å². The highest BCUT2D eigenvalue weighted by Gasteiger charge is 2.25. The lowest BCUT2D eigenvalue weighted by atomic mass is 10.2. The summed E-state index contributed by atoms with van der Waals surface area (Å²) in [6.07, 6.45) is 3.06. The summed E-state index contributed by atoms with van der Waals surface area (Å²) < 4.78 is 44.9. The first-order chi connectivity index (χ1) is 13.5. The zero-order valence-corrected chi connectivity index (χ0v) is 16.6. The van der Waals surface area contributed by atoms with Gasteiger partial charge in [-0.25, -0.2) is 8.42 Å².